The molecular formula is C16H16FN3. The van der Waals surface area contributed by atoms with E-state index in [1.165, 1.54) is 6.07 Å². The summed E-state index contributed by atoms with van der Waals surface area (Å²) in [6.07, 6.45) is 3.50. The van der Waals surface area contributed by atoms with Crippen LogP contribution in [0.1, 0.15) is 29.7 Å². The van der Waals surface area contributed by atoms with Gasteiger partial charge in [-0.1, -0.05) is 6.07 Å². The van der Waals surface area contributed by atoms with Crippen molar-refractivity contribution in [2.45, 2.75) is 19.5 Å². The number of hydrogen-bond donors (Lipinski definition) is 0. The lowest BCUT2D eigenvalue weighted by Gasteiger charge is -2.25. The van der Waals surface area contributed by atoms with Gasteiger partial charge in [-0.15, -0.1) is 0 Å². The molecule has 20 heavy (non-hydrogen) atoms. The smallest absolute Gasteiger partial charge is 0.129 e. The minimum atomic E-state index is -0.335. The molecule has 1 heterocycles. The molecule has 2 rings (SSSR count). The van der Waals surface area contributed by atoms with Gasteiger partial charge in [-0.25, -0.2) is 4.39 Å². The Kier molecular flexibility index (Phi) is 4.44. The molecule has 2 aromatic rings. The Labute approximate surface area is 118 Å². The molecule has 102 valence electrons. The van der Waals surface area contributed by atoms with Gasteiger partial charge in [-0.05, 0) is 43.8 Å². The molecular weight excluding hydrogens is 253 g/mol. The van der Waals surface area contributed by atoms with Gasteiger partial charge in [-0.2, -0.15) is 5.26 Å². The third-order valence-electron chi connectivity index (χ3n) is 3.45. The van der Waals surface area contributed by atoms with Crippen LogP contribution in [-0.2, 0) is 6.54 Å². The monoisotopic (exact) mass is 269 g/mol. The van der Waals surface area contributed by atoms with Crippen molar-refractivity contribution in [2.75, 3.05) is 7.05 Å². The zero-order valence-corrected chi connectivity index (χ0v) is 11.5. The second-order valence-corrected chi connectivity index (χ2v) is 4.79. The van der Waals surface area contributed by atoms with E-state index in [1.54, 1.807) is 24.5 Å². The number of hydrogen-bond acceptors (Lipinski definition) is 3. The van der Waals surface area contributed by atoms with Crippen LogP contribution in [0.3, 0.4) is 0 Å². The van der Waals surface area contributed by atoms with Gasteiger partial charge in [0.25, 0.3) is 0 Å². The second kappa shape index (κ2) is 6.27. The van der Waals surface area contributed by atoms with Crippen LogP contribution < -0.4 is 0 Å². The lowest BCUT2D eigenvalue weighted by atomic mass is 10.1. The van der Waals surface area contributed by atoms with Gasteiger partial charge < -0.3 is 0 Å². The average Bonchev–Trinajstić information content (AvgIpc) is 2.49. The molecule has 0 bridgehead atoms. The first-order valence-electron chi connectivity index (χ1n) is 6.40. The van der Waals surface area contributed by atoms with E-state index in [0.29, 0.717) is 17.7 Å². The van der Waals surface area contributed by atoms with Crippen molar-refractivity contribution in [3.8, 4) is 6.07 Å². The second-order valence-electron chi connectivity index (χ2n) is 4.79. The third-order valence-corrected chi connectivity index (χ3v) is 3.45. The SMILES string of the molecule is C[C@H](c1ccncc1)N(C)Cc1ccc(C#N)cc1F. The third kappa shape index (κ3) is 3.19. The molecule has 0 spiro atoms. The van der Waals surface area contributed by atoms with Crippen molar-refractivity contribution in [3.63, 3.8) is 0 Å². The molecule has 0 N–H and O–H groups in total. The quantitative estimate of drug-likeness (QED) is 0.855. The van der Waals surface area contributed by atoms with Crippen molar-refractivity contribution in [1.82, 2.24) is 9.88 Å². The largest absolute Gasteiger partial charge is 0.295 e. The highest BCUT2D eigenvalue weighted by molar-refractivity contribution is 5.33. The molecule has 0 aliphatic heterocycles. The average molecular weight is 269 g/mol. The maximum Gasteiger partial charge on any atom is 0.129 e. The van der Waals surface area contributed by atoms with Crippen molar-refractivity contribution in [2.24, 2.45) is 0 Å². The number of benzene rings is 1. The zero-order valence-electron chi connectivity index (χ0n) is 11.5. The Balaban J connectivity index is 2.12. The van der Waals surface area contributed by atoms with Crippen LogP contribution in [0.25, 0.3) is 0 Å². The summed E-state index contributed by atoms with van der Waals surface area (Å²) in [7, 11) is 1.95. The van der Waals surface area contributed by atoms with Gasteiger partial charge in [-0.3, -0.25) is 9.88 Å². The number of halogens is 1. The summed E-state index contributed by atoms with van der Waals surface area (Å²) in [6.45, 7) is 2.55. The van der Waals surface area contributed by atoms with Gasteiger partial charge in [0, 0.05) is 30.5 Å². The summed E-state index contributed by atoms with van der Waals surface area (Å²) < 4.78 is 13.9. The fraction of sp³-hybridized carbons (Fsp3) is 0.250. The van der Waals surface area contributed by atoms with Gasteiger partial charge in [0.15, 0.2) is 0 Å². The Morgan fingerprint density at radius 1 is 1.30 bits per heavy atom. The molecule has 4 heteroatoms. The molecule has 1 atom stereocenters. The predicted octanol–water partition coefficient (Wildman–Crippen LogP) is 3.29. The first kappa shape index (κ1) is 14.2. The van der Waals surface area contributed by atoms with E-state index in [1.807, 2.05) is 25.2 Å². The Bertz CT molecular complexity index is 619. The lowest BCUT2D eigenvalue weighted by molar-refractivity contribution is 0.249. The summed E-state index contributed by atoms with van der Waals surface area (Å²) in [5, 5.41) is 8.74. The van der Waals surface area contributed by atoms with Crippen molar-refractivity contribution < 1.29 is 4.39 Å². The normalized spacial score (nSPS) is 12.2. The summed E-state index contributed by atoms with van der Waals surface area (Å²) >= 11 is 0. The number of nitriles is 1. The molecule has 0 amide bonds. The van der Waals surface area contributed by atoms with E-state index < -0.39 is 0 Å². The minimum Gasteiger partial charge on any atom is -0.295 e. The summed E-state index contributed by atoms with van der Waals surface area (Å²) in [5.74, 6) is -0.335. The minimum absolute atomic E-state index is 0.160. The van der Waals surface area contributed by atoms with E-state index >= 15 is 0 Å². The fourth-order valence-corrected chi connectivity index (χ4v) is 2.05. The maximum atomic E-state index is 13.9. The van der Waals surface area contributed by atoms with Crippen molar-refractivity contribution >= 4 is 0 Å². The molecule has 0 unspecified atom stereocenters. The highest BCUT2D eigenvalue weighted by atomic mass is 19.1. The van der Waals surface area contributed by atoms with E-state index in [4.69, 9.17) is 5.26 Å². The van der Waals surface area contributed by atoms with Crippen LogP contribution in [0.2, 0.25) is 0 Å². The highest BCUT2D eigenvalue weighted by Crippen LogP contribution is 2.21. The van der Waals surface area contributed by atoms with Crippen molar-refractivity contribution in [1.29, 1.82) is 5.26 Å². The lowest BCUT2D eigenvalue weighted by Crippen LogP contribution is -2.22. The van der Waals surface area contributed by atoms with Crippen LogP contribution in [0.5, 0.6) is 0 Å². The molecule has 0 fully saturated rings. The van der Waals surface area contributed by atoms with Gasteiger partial charge in [0.2, 0.25) is 0 Å². The van der Waals surface area contributed by atoms with Gasteiger partial charge >= 0.3 is 0 Å². The summed E-state index contributed by atoms with van der Waals surface area (Å²) in [6, 6.07) is 10.6. The fourth-order valence-electron chi connectivity index (χ4n) is 2.05. The molecule has 1 aromatic heterocycles. The zero-order chi connectivity index (χ0) is 14.5. The van der Waals surface area contributed by atoms with Crippen molar-refractivity contribution in [3.05, 3.63) is 65.2 Å². The van der Waals surface area contributed by atoms with Crippen LogP contribution >= 0.6 is 0 Å². The molecule has 0 aliphatic rings. The molecule has 1 aromatic carbocycles. The topological polar surface area (TPSA) is 39.9 Å². The van der Waals surface area contributed by atoms with Crippen LogP contribution in [0.4, 0.5) is 4.39 Å². The van der Waals surface area contributed by atoms with E-state index in [9.17, 15) is 4.39 Å². The molecule has 0 aliphatic carbocycles. The van der Waals surface area contributed by atoms with E-state index in [-0.39, 0.29) is 11.9 Å². The van der Waals surface area contributed by atoms with Crippen LogP contribution in [0.15, 0.2) is 42.7 Å². The maximum absolute atomic E-state index is 13.9. The van der Waals surface area contributed by atoms with Gasteiger partial charge in [0.05, 0.1) is 11.6 Å². The number of pyridine rings is 1. The standard InChI is InChI=1S/C16H16FN3/c1-12(14-5-7-19-8-6-14)20(2)11-15-4-3-13(10-18)9-16(15)17/h3-9,12H,11H2,1-2H3/t12-/m1/s1. The van der Waals surface area contributed by atoms with E-state index in [2.05, 4.69) is 16.8 Å². The number of aromatic nitrogens is 1. The summed E-state index contributed by atoms with van der Waals surface area (Å²) in [4.78, 5) is 6.05. The van der Waals surface area contributed by atoms with Gasteiger partial charge in [0.1, 0.15) is 5.82 Å². The number of nitrogens with zero attached hydrogens (tertiary/aromatic N) is 3. The first-order valence-corrected chi connectivity index (χ1v) is 6.40. The first-order chi connectivity index (χ1) is 9.61. The summed E-state index contributed by atoms with van der Waals surface area (Å²) in [5.41, 5.74) is 2.07. The van der Waals surface area contributed by atoms with Crippen LogP contribution in [0, 0.1) is 17.1 Å². The Hall–Kier alpha value is -2.25. The molecule has 0 saturated carbocycles. The predicted molar refractivity (Wildman–Crippen MR) is 75.2 cm³/mol. The number of rotatable bonds is 4. The molecule has 0 saturated heterocycles. The Morgan fingerprint density at radius 3 is 2.60 bits per heavy atom. The molecule has 3 nitrogen and oxygen atoms in total. The molecule has 0 radical (unpaired) electrons. The Morgan fingerprint density at radius 2 is 2.00 bits per heavy atom. The highest BCUT2D eigenvalue weighted by Gasteiger charge is 2.14. The van der Waals surface area contributed by atoms with E-state index in [0.717, 1.165) is 5.56 Å². The van der Waals surface area contributed by atoms with Crippen LogP contribution in [-0.4, -0.2) is 16.9 Å².